The Kier molecular flexibility index (Phi) is 6.88. The van der Waals surface area contributed by atoms with E-state index in [1.54, 1.807) is 0 Å². The fourth-order valence-electron chi connectivity index (χ4n) is 3.40. The lowest BCUT2D eigenvalue weighted by Crippen LogP contribution is -2.44. The van der Waals surface area contributed by atoms with Crippen molar-refractivity contribution in [1.82, 2.24) is 0 Å². The van der Waals surface area contributed by atoms with Gasteiger partial charge in [0.1, 0.15) is 5.60 Å². The first kappa shape index (κ1) is 16.5. The maximum absolute atomic E-state index is 12.2. The lowest BCUT2D eigenvalue weighted by Gasteiger charge is -2.42. The van der Waals surface area contributed by atoms with Gasteiger partial charge in [0, 0.05) is 0 Å². The molecule has 0 aromatic carbocycles. The summed E-state index contributed by atoms with van der Waals surface area (Å²) in [5.41, 5.74) is -0.185. The van der Waals surface area contributed by atoms with Gasteiger partial charge in [-0.25, -0.2) is 0 Å². The molecule has 0 bridgehead atoms. The molecule has 19 heavy (non-hydrogen) atoms. The zero-order valence-corrected chi connectivity index (χ0v) is 13.3. The Morgan fingerprint density at radius 1 is 1.21 bits per heavy atom. The quantitative estimate of drug-likeness (QED) is 0.600. The molecule has 0 spiro atoms. The van der Waals surface area contributed by atoms with E-state index in [1.807, 2.05) is 6.92 Å². The van der Waals surface area contributed by atoms with Crippen molar-refractivity contribution in [3.63, 3.8) is 0 Å². The molecule has 0 amide bonds. The molecule has 112 valence electrons. The minimum atomic E-state index is -0.185. The van der Waals surface area contributed by atoms with Crippen molar-refractivity contribution in [2.24, 2.45) is 11.8 Å². The Morgan fingerprint density at radius 3 is 2.32 bits per heavy atom. The molecule has 0 heterocycles. The van der Waals surface area contributed by atoms with E-state index >= 15 is 0 Å². The predicted octanol–water partition coefficient (Wildman–Crippen LogP) is 5.10. The lowest BCUT2D eigenvalue weighted by atomic mass is 9.73. The third-order valence-electron chi connectivity index (χ3n) is 4.94. The molecular weight excluding hydrogens is 236 g/mol. The van der Waals surface area contributed by atoms with E-state index in [-0.39, 0.29) is 17.5 Å². The van der Waals surface area contributed by atoms with Gasteiger partial charge in [0.2, 0.25) is 0 Å². The Bertz CT molecular complexity index is 268. The van der Waals surface area contributed by atoms with Crippen LogP contribution in [0.2, 0.25) is 0 Å². The van der Waals surface area contributed by atoms with Gasteiger partial charge in [0.05, 0.1) is 5.92 Å². The van der Waals surface area contributed by atoms with Crippen molar-refractivity contribution in [3.8, 4) is 0 Å². The average molecular weight is 268 g/mol. The SMILES string of the molecule is CCCC(CC)(OC(=O)C(C)CC)C1CCCCC1. The van der Waals surface area contributed by atoms with E-state index in [4.69, 9.17) is 4.74 Å². The summed E-state index contributed by atoms with van der Waals surface area (Å²) in [5.74, 6) is 0.633. The van der Waals surface area contributed by atoms with Gasteiger partial charge in [0.25, 0.3) is 0 Å². The van der Waals surface area contributed by atoms with Gasteiger partial charge in [-0.3, -0.25) is 4.79 Å². The van der Waals surface area contributed by atoms with Crippen LogP contribution in [0.4, 0.5) is 0 Å². The summed E-state index contributed by atoms with van der Waals surface area (Å²) in [5, 5.41) is 0. The van der Waals surface area contributed by atoms with Crippen molar-refractivity contribution in [2.75, 3.05) is 0 Å². The molecule has 0 aliphatic heterocycles. The number of esters is 1. The standard InChI is InChI=1S/C17H32O2/c1-5-13-17(7-3,15-11-9-8-10-12-15)19-16(18)14(4)6-2/h14-15H,5-13H2,1-4H3. The van der Waals surface area contributed by atoms with Crippen LogP contribution < -0.4 is 0 Å². The van der Waals surface area contributed by atoms with E-state index in [2.05, 4.69) is 20.8 Å². The number of carbonyl (C=O) groups is 1. The van der Waals surface area contributed by atoms with Gasteiger partial charge in [-0.2, -0.15) is 0 Å². The molecule has 1 saturated carbocycles. The summed E-state index contributed by atoms with van der Waals surface area (Å²) in [6.45, 7) is 8.42. The van der Waals surface area contributed by atoms with E-state index < -0.39 is 0 Å². The van der Waals surface area contributed by atoms with Crippen LogP contribution in [-0.2, 0) is 9.53 Å². The summed E-state index contributed by atoms with van der Waals surface area (Å²) in [6, 6.07) is 0. The van der Waals surface area contributed by atoms with Crippen LogP contribution >= 0.6 is 0 Å². The van der Waals surface area contributed by atoms with Crippen molar-refractivity contribution < 1.29 is 9.53 Å². The molecule has 1 rings (SSSR count). The van der Waals surface area contributed by atoms with Crippen LogP contribution in [0.3, 0.4) is 0 Å². The molecule has 2 heteroatoms. The minimum absolute atomic E-state index is 0.0170. The van der Waals surface area contributed by atoms with Crippen LogP contribution in [-0.4, -0.2) is 11.6 Å². The highest BCUT2D eigenvalue weighted by molar-refractivity contribution is 5.72. The van der Waals surface area contributed by atoms with Crippen molar-refractivity contribution in [1.29, 1.82) is 0 Å². The normalized spacial score (nSPS) is 21.7. The zero-order chi connectivity index (χ0) is 14.3. The average Bonchev–Trinajstić information content (AvgIpc) is 2.46. The molecule has 2 nitrogen and oxygen atoms in total. The fraction of sp³-hybridized carbons (Fsp3) is 0.941. The first-order valence-corrected chi connectivity index (χ1v) is 8.32. The Labute approximate surface area is 119 Å². The van der Waals surface area contributed by atoms with Crippen molar-refractivity contribution in [2.45, 2.75) is 91.1 Å². The molecule has 0 aromatic heterocycles. The molecule has 0 radical (unpaired) electrons. The fourth-order valence-corrected chi connectivity index (χ4v) is 3.40. The molecule has 1 aliphatic rings. The Morgan fingerprint density at radius 2 is 1.84 bits per heavy atom. The van der Waals surface area contributed by atoms with Crippen molar-refractivity contribution >= 4 is 5.97 Å². The highest BCUT2D eigenvalue weighted by atomic mass is 16.6. The van der Waals surface area contributed by atoms with Gasteiger partial charge >= 0.3 is 5.97 Å². The number of rotatable bonds is 7. The molecular formula is C17H32O2. The summed E-state index contributed by atoms with van der Waals surface area (Å²) >= 11 is 0. The maximum atomic E-state index is 12.2. The highest BCUT2D eigenvalue weighted by Crippen LogP contribution is 2.40. The molecule has 0 N–H and O–H groups in total. The monoisotopic (exact) mass is 268 g/mol. The first-order valence-electron chi connectivity index (χ1n) is 8.32. The van der Waals surface area contributed by atoms with Gasteiger partial charge < -0.3 is 4.74 Å². The van der Waals surface area contributed by atoms with Gasteiger partial charge in [0.15, 0.2) is 0 Å². The Hall–Kier alpha value is -0.530. The second kappa shape index (κ2) is 7.91. The van der Waals surface area contributed by atoms with Gasteiger partial charge in [-0.1, -0.05) is 53.4 Å². The highest BCUT2D eigenvalue weighted by Gasteiger charge is 2.41. The van der Waals surface area contributed by atoms with E-state index in [0.717, 1.165) is 25.7 Å². The van der Waals surface area contributed by atoms with Gasteiger partial charge in [-0.05, 0) is 38.0 Å². The van der Waals surface area contributed by atoms with Crippen LogP contribution in [0.1, 0.15) is 85.5 Å². The molecule has 1 aliphatic carbocycles. The molecule has 0 aromatic rings. The number of ether oxygens (including phenoxy) is 1. The summed E-state index contributed by atoms with van der Waals surface area (Å²) in [6.07, 6.45) is 10.4. The zero-order valence-electron chi connectivity index (χ0n) is 13.3. The van der Waals surface area contributed by atoms with Gasteiger partial charge in [-0.15, -0.1) is 0 Å². The first-order chi connectivity index (χ1) is 9.09. The van der Waals surface area contributed by atoms with Crippen LogP contribution in [0.5, 0.6) is 0 Å². The summed E-state index contributed by atoms with van der Waals surface area (Å²) < 4.78 is 6.08. The second-order valence-electron chi connectivity index (χ2n) is 6.23. The number of hydrogen-bond acceptors (Lipinski definition) is 2. The molecule has 0 saturated heterocycles. The van der Waals surface area contributed by atoms with E-state index in [0.29, 0.717) is 5.92 Å². The topological polar surface area (TPSA) is 26.3 Å². The minimum Gasteiger partial charge on any atom is -0.459 e. The van der Waals surface area contributed by atoms with Crippen molar-refractivity contribution in [3.05, 3.63) is 0 Å². The molecule has 2 atom stereocenters. The number of carbonyl (C=O) groups excluding carboxylic acids is 1. The molecule has 1 fully saturated rings. The second-order valence-corrected chi connectivity index (χ2v) is 6.23. The predicted molar refractivity (Wildman–Crippen MR) is 80.1 cm³/mol. The van der Waals surface area contributed by atoms with E-state index in [1.165, 1.54) is 32.1 Å². The van der Waals surface area contributed by atoms with Crippen LogP contribution in [0, 0.1) is 11.8 Å². The number of hydrogen-bond donors (Lipinski definition) is 0. The Balaban J connectivity index is 2.81. The van der Waals surface area contributed by atoms with Crippen LogP contribution in [0.15, 0.2) is 0 Å². The molecule has 2 unspecified atom stereocenters. The smallest absolute Gasteiger partial charge is 0.309 e. The third-order valence-corrected chi connectivity index (χ3v) is 4.94. The van der Waals surface area contributed by atoms with Crippen LogP contribution in [0.25, 0.3) is 0 Å². The van der Waals surface area contributed by atoms with E-state index in [9.17, 15) is 4.79 Å². The summed E-state index contributed by atoms with van der Waals surface area (Å²) in [4.78, 5) is 12.2. The maximum Gasteiger partial charge on any atom is 0.309 e. The third kappa shape index (κ3) is 4.22. The lowest BCUT2D eigenvalue weighted by molar-refractivity contribution is -0.174. The summed E-state index contributed by atoms with van der Waals surface area (Å²) in [7, 11) is 0. The largest absolute Gasteiger partial charge is 0.459 e.